The van der Waals surface area contributed by atoms with E-state index in [1.54, 1.807) is 27.4 Å². The van der Waals surface area contributed by atoms with Crippen molar-refractivity contribution in [3.63, 3.8) is 0 Å². The summed E-state index contributed by atoms with van der Waals surface area (Å²) < 4.78 is 29.1. The quantitative estimate of drug-likeness (QED) is 0.363. The van der Waals surface area contributed by atoms with Gasteiger partial charge in [0.25, 0.3) is 0 Å². The van der Waals surface area contributed by atoms with Crippen LogP contribution < -0.4 is 23.1 Å². The fourth-order valence-electron chi connectivity index (χ4n) is 4.00. The van der Waals surface area contributed by atoms with Crippen LogP contribution in [0.4, 0.5) is 0 Å². The average molecular weight is 561 g/mol. The first-order chi connectivity index (χ1) is 18.3. The number of fused-ring (bicyclic) bond motifs is 1. The van der Waals surface area contributed by atoms with Crippen molar-refractivity contribution in [2.45, 2.75) is 52.7 Å². The summed E-state index contributed by atoms with van der Waals surface area (Å²) in [6, 6.07) is 7.49. The van der Waals surface area contributed by atoms with Gasteiger partial charge in [0.05, 0.1) is 28.4 Å². The molecule has 8 heteroatoms. The van der Waals surface area contributed by atoms with Crippen LogP contribution in [0, 0.1) is 0 Å². The summed E-state index contributed by atoms with van der Waals surface area (Å²) in [4.78, 5) is 12.5. The van der Waals surface area contributed by atoms with E-state index in [-0.39, 0.29) is 28.3 Å². The first-order valence-electron chi connectivity index (χ1n) is 12.9. The molecular formula is C31H44O7S. The summed E-state index contributed by atoms with van der Waals surface area (Å²) in [5, 5.41) is 11.0. The highest BCUT2D eigenvalue weighted by Crippen LogP contribution is 2.55. The first-order valence-corrected chi connectivity index (χ1v) is 15.2. The van der Waals surface area contributed by atoms with Gasteiger partial charge in [-0.1, -0.05) is 30.2 Å². The maximum atomic E-state index is 12.5. The van der Waals surface area contributed by atoms with Crippen LogP contribution in [0.1, 0.15) is 58.2 Å². The number of hydrogen-bond donors (Lipinski definition) is 1. The molecule has 0 saturated carbocycles. The van der Waals surface area contributed by atoms with E-state index in [0.717, 1.165) is 11.1 Å². The molecule has 216 valence electrons. The molecule has 0 radical (unpaired) electrons. The number of aliphatic hydroxyl groups is 1. The lowest BCUT2D eigenvalue weighted by molar-refractivity contribution is -0.113. The molecule has 1 aliphatic carbocycles. The largest absolute Gasteiger partial charge is 0.508 e. The average Bonchev–Trinajstić information content (AvgIpc) is 3.04. The van der Waals surface area contributed by atoms with Crippen molar-refractivity contribution in [3.05, 3.63) is 58.4 Å². The van der Waals surface area contributed by atoms with Gasteiger partial charge in [0.1, 0.15) is 5.76 Å². The molecule has 0 atom stereocenters. The molecule has 0 heterocycles. The van der Waals surface area contributed by atoms with Crippen LogP contribution in [0.2, 0.25) is 0 Å². The van der Waals surface area contributed by atoms with Crippen molar-refractivity contribution in [1.29, 1.82) is 0 Å². The molecule has 1 N–H and O–H groups in total. The van der Waals surface area contributed by atoms with Crippen LogP contribution in [0.5, 0.6) is 28.7 Å². The van der Waals surface area contributed by atoms with Gasteiger partial charge in [-0.25, -0.2) is 0 Å². The molecule has 0 amide bonds. The molecule has 0 fully saturated rings. The van der Waals surface area contributed by atoms with Crippen LogP contribution in [0.15, 0.2) is 41.7 Å². The van der Waals surface area contributed by atoms with Gasteiger partial charge in [-0.05, 0) is 81.2 Å². The molecule has 0 spiro atoms. The molecule has 2 aromatic rings. The van der Waals surface area contributed by atoms with E-state index in [0.29, 0.717) is 39.9 Å². The van der Waals surface area contributed by atoms with Gasteiger partial charge in [-0.2, -0.15) is 0 Å². The Balaban J connectivity index is 0.00000260. The minimum absolute atomic E-state index is 0.0725. The van der Waals surface area contributed by atoms with Gasteiger partial charge < -0.3 is 28.2 Å². The fraction of sp³-hybridized carbons (Fsp3) is 0.452. The molecule has 0 aliphatic heterocycles. The van der Waals surface area contributed by atoms with Gasteiger partial charge in [-0.15, -0.1) is 0 Å². The molecular weight excluding hydrogens is 516 g/mol. The second-order valence-electron chi connectivity index (χ2n) is 10.1. The molecule has 0 bridgehead atoms. The molecule has 7 nitrogen and oxygen atoms in total. The van der Waals surface area contributed by atoms with Gasteiger partial charge in [0, 0.05) is 22.3 Å². The number of Topliss-reactive ketones (excluding diaryl/α,β-unsaturated/α-hetero) is 1. The zero-order valence-electron chi connectivity index (χ0n) is 25.4. The molecule has 0 saturated heterocycles. The lowest BCUT2D eigenvalue weighted by atomic mass is 9.91. The molecule has 3 rings (SSSR count). The molecule has 39 heavy (non-hydrogen) atoms. The van der Waals surface area contributed by atoms with Gasteiger partial charge in [-0.3, -0.25) is 4.79 Å². The minimum atomic E-state index is -1.52. The second kappa shape index (κ2) is 12.7. The Morgan fingerprint density at radius 1 is 0.872 bits per heavy atom. The van der Waals surface area contributed by atoms with Gasteiger partial charge >= 0.3 is 0 Å². The zero-order chi connectivity index (χ0) is 29.7. The van der Waals surface area contributed by atoms with Crippen LogP contribution >= 0.6 is 10.3 Å². The zero-order valence-corrected chi connectivity index (χ0v) is 26.2. The number of ether oxygens (including phenoxy) is 4. The fourth-order valence-corrected chi connectivity index (χ4v) is 4.83. The topological polar surface area (TPSA) is 83.5 Å². The van der Waals surface area contributed by atoms with Crippen molar-refractivity contribution in [2.75, 3.05) is 41.0 Å². The Morgan fingerprint density at radius 2 is 1.46 bits per heavy atom. The van der Waals surface area contributed by atoms with Crippen molar-refractivity contribution in [1.82, 2.24) is 0 Å². The summed E-state index contributed by atoms with van der Waals surface area (Å²) in [6.07, 6.45) is 6.02. The third-order valence-corrected chi connectivity index (χ3v) is 10.4. The molecule has 0 aromatic heterocycles. The van der Waals surface area contributed by atoms with Crippen molar-refractivity contribution in [3.8, 4) is 28.7 Å². The van der Waals surface area contributed by atoms with E-state index < -0.39 is 10.3 Å². The number of ketones is 1. The lowest BCUT2D eigenvalue weighted by Gasteiger charge is -2.44. The van der Waals surface area contributed by atoms with Gasteiger partial charge in [0.15, 0.2) is 28.8 Å². The Labute approximate surface area is 235 Å². The molecule has 0 unspecified atom stereocenters. The minimum Gasteiger partial charge on any atom is -0.508 e. The highest BCUT2D eigenvalue weighted by Gasteiger charge is 2.32. The monoisotopic (exact) mass is 560 g/mol. The van der Waals surface area contributed by atoms with E-state index in [1.165, 1.54) is 14.0 Å². The Morgan fingerprint density at radius 3 is 1.95 bits per heavy atom. The number of hydrogen-bond acceptors (Lipinski definition) is 7. The number of benzene rings is 2. The van der Waals surface area contributed by atoms with Crippen LogP contribution in [-0.4, -0.2) is 56.6 Å². The van der Waals surface area contributed by atoms with E-state index in [4.69, 9.17) is 23.1 Å². The smallest absolute Gasteiger partial charge is 0.203 e. The highest BCUT2D eigenvalue weighted by molar-refractivity contribution is 8.30. The van der Waals surface area contributed by atoms with Crippen LogP contribution in [0.3, 0.4) is 0 Å². The van der Waals surface area contributed by atoms with E-state index in [9.17, 15) is 9.90 Å². The SMILES string of the molecule is CC.COc1ccc(C2=CC(O)=C(C(C)=O)Cc3c2cc(OC)c(OC)c3OC)cc1OS(C)(C)C(C)(C)C. The summed E-state index contributed by atoms with van der Waals surface area (Å²) >= 11 is 0. The van der Waals surface area contributed by atoms with E-state index >= 15 is 0 Å². The van der Waals surface area contributed by atoms with Gasteiger partial charge in [0.2, 0.25) is 5.75 Å². The van der Waals surface area contributed by atoms with Crippen LogP contribution in [0.25, 0.3) is 5.57 Å². The van der Waals surface area contributed by atoms with E-state index in [1.807, 2.05) is 38.1 Å². The third-order valence-electron chi connectivity index (χ3n) is 6.84. The predicted octanol–water partition coefficient (Wildman–Crippen LogP) is 7.29. The standard InChI is InChI=1S/C29H38O7S.C2H6/c1-17(30)19-14-22-21(16-26(33-6)28(35-8)27(22)34-7)20(15-23(19)31)18-11-12-24(32-5)25(13-18)36-37(9,10)29(2,3)4;1-2/h11-13,15-16,31H,14H2,1-10H3;1-2H3. The number of allylic oxidation sites excluding steroid dienone is 2. The number of methoxy groups -OCH3 is 4. The molecule has 1 aliphatic rings. The first kappa shape index (κ1) is 32.0. The number of rotatable bonds is 8. The molecule has 2 aromatic carbocycles. The highest BCUT2D eigenvalue weighted by atomic mass is 32.3. The van der Waals surface area contributed by atoms with Crippen molar-refractivity contribution >= 4 is 21.7 Å². The van der Waals surface area contributed by atoms with Crippen LogP contribution in [-0.2, 0) is 11.2 Å². The number of carbonyl (C=O) groups excluding carboxylic acids is 1. The summed E-state index contributed by atoms with van der Waals surface area (Å²) in [5.41, 5.74) is 3.19. The summed E-state index contributed by atoms with van der Waals surface area (Å²) in [6.45, 7) is 11.9. The Kier molecular flexibility index (Phi) is 10.4. The van der Waals surface area contributed by atoms with E-state index in [2.05, 4.69) is 33.3 Å². The lowest BCUT2D eigenvalue weighted by Crippen LogP contribution is -2.27. The Bertz CT molecular complexity index is 1270. The second-order valence-corrected chi connectivity index (χ2v) is 14.0. The maximum Gasteiger partial charge on any atom is 0.203 e. The number of aliphatic hydroxyl groups excluding tert-OH is 1. The third kappa shape index (κ3) is 6.49. The summed E-state index contributed by atoms with van der Waals surface area (Å²) in [5.74, 6) is 2.21. The number of carbonyl (C=O) groups is 1. The Hall–Kier alpha value is -3.26. The van der Waals surface area contributed by atoms with Crippen molar-refractivity contribution < 1.29 is 33.0 Å². The maximum absolute atomic E-state index is 12.5. The normalized spacial score (nSPS) is 13.7. The predicted molar refractivity (Wildman–Crippen MR) is 161 cm³/mol. The summed E-state index contributed by atoms with van der Waals surface area (Å²) in [7, 11) is 4.72. The van der Waals surface area contributed by atoms with Crippen molar-refractivity contribution in [2.24, 2.45) is 0 Å².